The molecule has 0 atom stereocenters. The Balaban J connectivity index is 1.56. The molecule has 0 aliphatic rings. The number of guanidine groups is 1. The van der Waals surface area contributed by atoms with Crippen molar-refractivity contribution >= 4 is 28.6 Å². The summed E-state index contributed by atoms with van der Waals surface area (Å²) in [5.41, 5.74) is 1.13. The Hall–Kier alpha value is -1.47. The second-order valence-corrected chi connectivity index (χ2v) is 7.73. The van der Waals surface area contributed by atoms with Crippen LogP contribution in [0.25, 0.3) is 0 Å². The third kappa shape index (κ3) is 6.57. The van der Waals surface area contributed by atoms with Gasteiger partial charge in [0.25, 0.3) is 0 Å². The van der Waals surface area contributed by atoms with Crippen molar-refractivity contribution in [3.05, 3.63) is 32.2 Å². The van der Waals surface area contributed by atoms with E-state index in [1.165, 1.54) is 14.9 Å². The molecule has 2 N–H and O–H groups in total. The van der Waals surface area contributed by atoms with E-state index in [2.05, 4.69) is 37.9 Å². The Morgan fingerprint density at radius 2 is 2.00 bits per heavy atom. The van der Waals surface area contributed by atoms with Crippen LogP contribution < -0.4 is 10.6 Å². The van der Waals surface area contributed by atoms with Gasteiger partial charge in [-0.05, 0) is 32.6 Å². The zero-order valence-electron chi connectivity index (χ0n) is 14.8. The third-order valence-electron chi connectivity index (χ3n) is 3.58. The zero-order valence-corrected chi connectivity index (χ0v) is 16.4. The van der Waals surface area contributed by atoms with Crippen molar-refractivity contribution in [2.75, 3.05) is 20.1 Å². The molecule has 0 aromatic carbocycles. The number of nitrogens with zero attached hydrogens (tertiary/aromatic N) is 3. The van der Waals surface area contributed by atoms with Gasteiger partial charge in [-0.25, -0.2) is 9.97 Å². The summed E-state index contributed by atoms with van der Waals surface area (Å²) in [5, 5.41) is 11.3. The van der Waals surface area contributed by atoms with E-state index in [4.69, 9.17) is 0 Å². The highest BCUT2D eigenvalue weighted by Crippen LogP contribution is 2.13. The van der Waals surface area contributed by atoms with E-state index in [0.29, 0.717) is 0 Å². The van der Waals surface area contributed by atoms with E-state index >= 15 is 0 Å². The average molecular weight is 366 g/mol. The van der Waals surface area contributed by atoms with Crippen LogP contribution in [-0.4, -0.2) is 36.1 Å². The molecule has 132 valence electrons. The van der Waals surface area contributed by atoms with Crippen molar-refractivity contribution in [3.8, 4) is 0 Å². The number of aromatic nitrogens is 2. The van der Waals surface area contributed by atoms with Crippen molar-refractivity contribution in [1.82, 2.24) is 20.6 Å². The lowest BCUT2D eigenvalue weighted by atomic mass is 10.2. The fourth-order valence-corrected chi connectivity index (χ4v) is 3.94. The van der Waals surface area contributed by atoms with Crippen LogP contribution in [-0.2, 0) is 19.3 Å². The van der Waals surface area contributed by atoms with E-state index in [1.54, 1.807) is 22.7 Å². The lowest BCUT2D eigenvalue weighted by molar-refractivity contribution is 0.691. The smallest absolute Gasteiger partial charge is 0.190 e. The molecule has 2 aromatic heterocycles. The standard InChI is InChI=1S/C17H27N5S2/c1-4-14-11-21-15(24-14)8-10-20-17(18-3)19-9-6-5-7-16-22-13(2)12-23-16/h11-12H,4-10H2,1-3H3,(H2,18,19,20). The molecular weight excluding hydrogens is 338 g/mol. The van der Waals surface area contributed by atoms with Crippen molar-refractivity contribution in [2.45, 2.75) is 46.0 Å². The minimum absolute atomic E-state index is 0.856. The first kappa shape index (κ1) is 18.9. The first-order valence-corrected chi connectivity index (χ1v) is 10.2. The van der Waals surface area contributed by atoms with Crippen LogP contribution in [0.1, 0.15) is 40.4 Å². The molecule has 0 fully saturated rings. The van der Waals surface area contributed by atoms with Crippen LogP contribution >= 0.6 is 22.7 Å². The Bertz CT molecular complexity index is 632. The Morgan fingerprint density at radius 3 is 2.67 bits per heavy atom. The van der Waals surface area contributed by atoms with Crippen LogP contribution in [0.3, 0.4) is 0 Å². The highest BCUT2D eigenvalue weighted by atomic mass is 32.1. The molecule has 24 heavy (non-hydrogen) atoms. The minimum atomic E-state index is 0.856. The molecular formula is C17H27N5S2. The Morgan fingerprint density at radius 1 is 1.17 bits per heavy atom. The summed E-state index contributed by atoms with van der Waals surface area (Å²) in [4.78, 5) is 14.6. The van der Waals surface area contributed by atoms with Crippen LogP contribution in [0.2, 0.25) is 0 Å². The first-order chi connectivity index (χ1) is 11.7. The summed E-state index contributed by atoms with van der Waals surface area (Å²) in [5.74, 6) is 0.868. The lowest BCUT2D eigenvalue weighted by Gasteiger charge is -2.11. The molecule has 0 amide bonds. The van der Waals surface area contributed by atoms with E-state index in [9.17, 15) is 0 Å². The zero-order chi connectivity index (χ0) is 17.2. The summed E-state index contributed by atoms with van der Waals surface area (Å²) in [6.07, 6.45) is 7.32. The lowest BCUT2D eigenvalue weighted by Crippen LogP contribution is -2.38. The molecule has 0 aliphatic carbocycles. The maximum absolute atomic E-state index is 4.49. The Labute approximate surface area is 152 Å². The molecule has 0 aliphatic heterocycles. The highest BCUT2D eigenvalue weighted by Gasteiger charge is 2.02. The molecule has 2 rings (SSSR count). The van der Waals surface area contributed by atoms with Crippen LogP contribution in [0, 0.1) is 6.92 Å². The van der Waals surface area contributed by atoms with Gasteiger partial charge in [0.2, 0.25) is 0 Å². The van der Waals surface area contributed by atoms with Gasteiger partial charge < -0.3 is 10.6 Å². The number of aliphatic imine (C=N–C) groups is 1. The van der Waals surface area contributed by atoms with Crippen molar-refractivity contribution < 1.29 is 0 Å². The molecule has 0 saturated carbocycles. The van der Waals surface area contributed by atoms with Gasteiger partial charge in [-0.2, -0.15) is 0 Å². The maximum atomic E-state index is 4.49. The average Bonchev–Trinajstić information content (AvgIpc) is 3.21. The van der Waals surface area contributed by atoms with Crippen LogP contribution in [0.4, 0.5) is 0 Å². The molecule has 0 spiro atoms. The van der Waals surface area contributed by atoms with Crippen molar-refractivity contribution in [3.63, 3.8) is 0 Å². The van der Waals surface area contributed by atoms with Gasteiger partial charge in [0.05, 0.1) is 10.0 Å². The van der Waals surface area contributed by atoms with Crippen LogP contribution in [0.15, 0.2) is 16.6 Å². The highest BCUT2D eigenvalue weighted by molar-refractivity contribution is 7.11. The fourth-order valence-electron chi connectivity index (χ4n) is 2.26. The maximum Gasteiger partial charge on any atom is 0.190 e. The summed E-state index contributed by atoms with van der Waals surface area (Å²) in [6, 6.07) is 0. The quantitative estimate of drug-likeness (QED) is 0.407. The second-order valence-electron chi connectivity index (χ2n) is 5.59. The molecule has 0 saturated heterocycles. The molecule has 0 unspecified atom stereocenters. The SMILES string of the molecule is CCc1cnc(CCNC(=NC)NCCCCc2nc(C)cs2)s1. The van der Waals surface area contributed by atoms with Crippen molar-refractivity contribution in [1.29, 1.82) is 0 Å². The minimum Gasteiger partial charge on any atom is -0.356 e. The third-order valence-corrected chi connectivity index (χ3v) is 5.81. The predicted octanol–water partition coefficient (Wildman–Crippen LogP) is 3.20. The number of hydrogen-bond donors (Lipinski definition) is 2. The molecule has 2 heterocycles. The fraction of sp³-hybridized carbons (Fsp3) is 0.588. The molecule has 7 heteroatoms. The normalized spacial score (nSPS) is 11.7. The van der Waals surface area contributed by atoms with E-state index in [-0.39, 0.29) is 0 Å². The van der Waals surface area contributed by atoms with Crippen molar-refractivity contribution in [2.24, 2.45) is 4.99 Å². The molecule has 0 bridgehead atoms. The molecule has 0 radical (unpaired) electrons. The van der Waals surface area contributed by atoms with Gasteiger partial charge in [-0.15, -0.1) is 22.7 Å². The second kappa shape index (κ2) is 10.4. The van der Waals surface area contributed by atoms with Gasteiger partial charge in [-0.1, -0.05) is 6.92 Å². The van der Waals surface area contributed by atoms with E-state index in [1.807, 2.05) is 20.2 Å². The summed E-state index contributed by atoms with van der Waals surface area (Å²) < 4.78 is 0. The number of hydrogen-bond acceptors (Lipinski definition) is 5. The van der Waals surface area contributed by atoms with Gasteiger partial charge in [-0.3, -0.25) is 4.99 Å². The molecule has 2 aromatic rings. The first-order valence-electron chi connectivity index (χ1n) is 8.50. The van der Waals surface area contributed by atoms with E-state index < -0.39 is 0 Å². The van der Waals surface area contributed by atoms with E-state index in [0.717, 1.165) is 56.8 Å². The summed E-state index contributed by atoms with van der Waals surface area (Å²) in [6.45, 7) is 6.00. The monoisotopic (exact) mass is 365 g/mol. The van der Waals surface area contributed by atoms with Crippen LogP contribution in [0.5, 0.6) is 0 Å². The number of thiazole rings is 2. The number of aryl methyl sites for hydroxylation is 3. The Kier molecular flexibility index (Phi) is 8.18. The van der Waals surface area contributed by atoms with Gasteiger partial charge in [0.15, 0.2) is 5.96 Å². The number of nitrogens with one attached hydrogen (secondary N) is 2. The topological polar surface area (TPSA) is 62.2 Å². The molecule has 5 nitrogen and oxygen atoms in total. The van der Waals surface area contributed by atoms with Gasteiger partial charge >= 0.3 is 0 Å². The largest absolute Gasteiger partial charge is 0.356 e. The number of unbranched alkanes of at least 4 members (excludes halogenated alkanes) is 1. The number of rotatable bonds is 9. The summed E-state index contributed by atoms with van der Waals surface area (Å²) >= 11 is 3.56. The summed E-state index contributed by atoms with van der Waals surface area (Å²) in [7, 11) is 1.81. The van der Waals surface area contributed by atoms with Gasteiger partial charge in [0.1, 0.15) is 0 Å². The van der Waals surface area contributed by atoms with Gasteiger partial charge in [0, 0.05) is 48.7 Å². The predicted molar refractivity (Wildman–Crippen MR) is 104 cm³/mol.